The van der Waals surface area contributed by atoms with Crippen molar-refractivity contribution in [2.24, 2.45) is 4.99 Å². The molecule has 2 heterocycles. The molecule has 0 atom stereocenters. The molecule has 3 aromatic rings. The van der Waals surface area contributed by atoms with Gasteiger partial charge < -0.3 is 14.6 Å². The lowest BCUT2D eigenvalue weighted by Crippen LogP contribution is -2.27. The predicted molar refractivity (Wildman–Crippen MR) is 105 cm³/mol. The fraction of sp³-hybridized carbons (Fsp3) is 0.182. The Hall–Kier alpha value is -3.34. The Bertz CT molecular complexity index is 1000. The summed E-state index contributed by atoms with van der Waals surface area (Å²) in [5.41, 5.74) is 3.63. The average Bonchev–Trinajstić information content (AvgIpc) is 3.40. The summed E-state index contributed by atoms with van der Waals surface area (Å²) >= 11 is 0. The quantitative estimate of drug-likeness (QED) is 0.741. The van der Waals surface area contributed by atoms with E-state index in [-0.39, 0.29) is 11.3 Å². The van der Waals surface area contributed by atoms with Crippen LogP contribution in [0, 0.1) is 0 Å². The minimum atomic E-state index is -0.364. The van der Waals surface area contributed by atoms with Crippen molar-refractivity contribution in [2.45, 2.75) is 24.8 Å². The van der Waals surface area contributed by atoms with Crippen molar-refractivity contribution in [3.63, 3.8) is 0 Å². The molecule has 0 unspecified atom stereocenters. The minimum Gasteiger partial charge on any atom is -0.446 e. The lowest BCUT2D eigenvalue weighted by molar-refractivity contribution is -0.118. The van der Waals surface area contributed by atoms with Gasteiger partial charge in [0.05, 0.1) is 24.6 Å². The number of nitrogens with one attached hydrogen (secondary N) is 1. The molecule has 1 fully saturated rings. The maximum absolute atomic E-state index is 12.8. The molecule has 1 amide bonds. The molecular weight excluding hydrogens is 338 g/mol. The highest BCUT2D eigenvalue weighted by molar-refractivity contribution is 6.01. The van der Waals surface area contributed by atoms with E-state index in [0.717, 1.165) is 41.9 Å². The number of aliphatic imine (C=N–C) groups is 1. The van der Waals surface area contributed by atoms with Gasteiger partial charge in [0.25, 0.3) is 0 Å². The molecule has 0 radical (unpaired) electrons. The Balaban J connectivity index is 1.29. The highest BCUT2D eigenvalue weighted by atomic mass is 16.3. The van der Waals surface area contributed by atoms with Crippen LogP contribution in [0.4, 0.5) is 17.3 Å². The first kappa shape index (κ1) is 15.9. The van der Waals surface area contributed by atoms with E-state index in [1.807, 2.05) is 60.7 Å². The fourth-order valence-corrected chi connectivity index (χ4v) is 3.58. The van der Waals surface area contributed by atoms with Crippen LogP contribution in [0.3, 0.4) is 0 Å². The van der Waals surface area contributed by atoms with E-state index in [4.69, 9.17) is 4.42 Å². The third kappa shape index (κ3) is 2.81. The van der Waals surface area contributed by atoms with Crippen molar-refractivity contribution in [1.82, 2.24) is 0 Å². The van der Waals surface area contributed by atoms with E-state index in [0.29, 0.717) is 5.88 Å². The van der Waals surface area contributed by atoms with Crippen LogP contribution in [-0.4, -0.2) is 12.2 Å². The topological polar surface area (TPSA) is 57.8 Å². The number of carbonyl (C=O) groups excluding carboxylic acids is 1. The minimum absolute atomic E-state index is 0.0732. The summed E-state index contributed by atoms with van der Waals surface area (Å²) in [5.74, 6) is 0.745. The Morgan fingerprint density at radius 3 is 2.56 bits per heavy atom. The van der Waals surface area contributed by atoms with Crippen molar-refractivity contribution >= 4 is 29.5 Å². The summed E-state index contributed by atoms with van der Waals surface area (Å²) in [4.78, 5) is 19.2. The summed E-state index contributed by atoms with van der Waals surface area (Å²) in [6.07, 6.45) is 5.23. The Morgan fingerprint density at radius 1 is 1.04 bits per heavy atom. The number of anilines is 2. The van der Waals surface area contributed by atoms with Crippen molar-refractivity contribution in [2.75, 3.05) is 10.2 Å². The van der Waals surface area contributed by atoms with Crippen LogP contribution >= 0.6 is 0 Å². The Kier molecular flexibility index (Phi) is 3.60. The van der Waals surface area contributed by atoms with Crippen LogP contribution in [0.5, 0.6) is 0 Å². The van der Waals surface area contributed by atoms with Crippen molar-refractivity contribution in [1.29, 1.82) is 0 Å². The van der Waals surface area contributed by atoms with Crippen LogP contribution in [0.25, 0.3) is 0 Å². The lowest BCUT2D eigenvalue weighted by Gasteiger charge is -2.22. The molecule has 0 bridgehead atoms. The van der Waals surface area contributed by atoms with Crippen LogP contribution in [-0.2, 0) is 16.8 Å². The van der Waals surface area contributed by atoms with Gasteiger partial charge >= 0.3 is 0 Å². The number of fused-ring (bicyclic) bond motifs is 1. The van der Waals surface area contributed by atoms with E-state index in [2.05, 4.69) is 15.2 Å². The smallest absolute Gasteiger partial charge is 0.235 e. The first-order chi connectivity index (χ1) is 13.2. The SMILES string of the molecule is O=C(Nc1ccc(N2C=Nc3occc3C2)cc1)C1(c2ccccc2)CC1. The molecule has 5 nitrogen and oxygen atoms in total. The Labute approximate surface area is 157 Å². The normalized spacial score (nSPS) is 16.7. The van der Waals surface area contributed by atoms with E-state index < -0.39 is 0 Å². The summed E-state index contributed by atoms with van der Waals surface area (Å²) < 4.78 is 5.31. The van der Waals surface area contributed by atoms with Gasteiger partial charge in [0.15, 0.2) is 0 Å². The molecule has 0 spiro atoms. The fourth-order valence-electron chi connectivity index (χ4n) is 3.58. The van der Waals surface area contributed by atoms with Gasteiger partial charge in [-0.25, -0.2) is 4.99 Å². The lowest BCUT2D eigenvalue weighted by atomic mass is 9.95. The number of nitrogens with zero attached hydrogens (tertiary/aromatic N) is 2. The predicted octanol–water partition coefficient (Wildman–Crippen LogP) is 4.63. The summed E-state index contributed by atoms with van der Waals surface area (Å²) in [6.45, 7) is 0.720. The monoisotopic (exact) mass is 357 g/mol. The molecule has 1 saturated carbocycles. The summed E-state index contributed by atoms with van der Waals surface area (Å²) in [6, 6.07) is 19.8. The first-order valence-electron chi connectivity index (χ1n) is 9.09. The van der Waals surface area contributed by atoms with E-state index in [1.165, 1.54) is 0 Å². The van der Waals surface area contributed by atoms with Gasteiger partial charge in [-0.15, -0.1) is 0 Å². The molecule has 1 N–H and O–H groups in total. The highest BCUT2D eigenvalue weighted by Crippen LogP contribution is 2.48. The largest absolute Gasteiger partial charge is 0.446 e. The maximum atomic E-state index is 12.8. The number of furan rings is 1. The van der Waals surface area contributed by atoms with Crippen molar-refractivity contribution in [3.05, 3.63) is 78.1 Å². The van der Waals surface area contributed by atoms with Gasteiger partial charge in [-0.3, -0.25) is 4.79 Å². The van der Waals surface area contributed by atoms with Gasteiger partial charge in [0, 0.05) is 16.9 Å². The van der Waals surface area contributed by atoms with Gasteiger partial charge in [0.2, 0.25) is 11.8 Å². The molecule has 1 aromatic heterocycles. The first-order valence-corrected chi connectivity index (χ1v) is 9.09. The standard InChI is InChI=1S/C22H19N3O2/c26-21(22(11-12-22)17-4-2-1-3-5-17)24-18-6-8-19(9-7-18)25-14-16-10-13-27-20(16)23-15-25/h1-10,13,15H,11-12,14H2,(H,24,26). The van der Waals surface area contributed by atoms with Crippen LogP contribution in [0.2, 0.25) is 0 Å². The summed E-state index contributed by atoms with van der Waals surface area (Å²) in [5, 5.41) is 3.08. The second-order valence-corrected chi connectivity index (χ2v) is 7.07. The molecule has 134 valence electrons. The van der Waals surface area contributed by atoms with Gasteiger partial charge in [-0.05, 0) is 48.7 Å². The van der Waals surface area contributed by atoms with Gasteiger partial charge in [-0.2, -0.15) is 0 Å². The molecule has 5 heteroatoms. The molecule has 0 saturated heterocycles. The van der Waals surface area contributed by atoms with Crippen molar-refractivity contribution in [3.8, 4) is 0 Å². The molecule has 5 rings (SSSR count). The molecule has 1 aliphatic carbocycles. The third-order valence-corrected chi connectivity index (χ3v) is 5.35. The average molecular weight is 357 g/mol. The van der Waals surface area contributed by atoms with E-state index in [9.17, 15) is 4.79 Å². The molecule has 2 aromatic carbocycles. The second kappa shape index (κ2) is 6.13. The van der Waals surface area contributed by atoms with Crippen LogP contribution < -0.4 is 10.2 Å². The van der Waals surface area contributed by atoms with E-state index in [1.54, 1.807) is 12.6 Å². The number of hydrogen-bond donors (Lipinski definition) is 1. The maximum Gasteiger partial charge on any atom is 0.235 e. The molecule has 1 aliphatic heterocycles. The molecular formula is C22H19N3O2. The van der Waals surface area contributed by atoms with Crippen LogP contribution in [0.15, 0.2) is 76.3 Å². The zero-order chi connectivity index (χ0) is 18.3. The number of benzene rings is 2. The highest BCUT2D eigenvalue weighted by Gasteiger charge is 2.51. The second-order valence-electron chi connectivity index (χ2n) is 7.07. The summed E-state index contributed by atoms with van der Waals surface area (Å²) in [7, 11) is 0. The number of hydrogen-bond acceptors (Lipinski definition) is 4. The third-order valence-electron chi connectivity index (χ3n) is 5.35. The zero-order valence-electron chi connectivity index (χ0n) is 14.8. The molecule has 27 heavy (non-hydrogen) atoms. The number of amides is 1. The number of carbonyl (C=O) groups is 1. The van der Waals surface area contributed by atoms with Gasteiger partial charge in [-0.1, -0.05) is 30.3 Å². The van der Waals surface area contributed by atoms with E-state index >= 15 is 0 Å². The van der Waals surface area contributed by atoms with Crippen molar-refractivity contribution < 1.29 is 9.21 Å². The Morgan fingerprint density at radius 2 is 1.81 bits per heavy atom. The molecule has 2 aliphatic rings. The zero-order valence-corrected chi connectivity index (χ0v) is 14.8. The van der Waals surface area contributed by atoms with Crippen LogP contribution in [0.1, 0.15) is 24.0 Å². The van der Waals surface area contributed by atoms with Gasteiger partial charge in [0.1, 0.15) is 0 Å². The number of rotatable bonds is 4.